The zero-order chi connectivity index (χ0) is 15.9. The number of carbonyl (C=O) groups excluding carboxylic acids is 1. The lowest BCUT2D eigenvalue weighted by Gasteiger charge is -2.27. The van der Waals surface area contributed by atoms with E-state index in [4.69, 9.17) is 21.1 Å². The first-order chi connectivity index (χ1) is 10.5. The number of hydrogen-bond acceptors (Lipinski definition) is 3. The Labute approximate surface area is 157 Å². The molecule has 0 N–H and O–H groups in total. The van der Waals surface area contributed by atoms with Gasteiger partial charge in [-0.05, 0) is 68.3 Å². The first-order valence-corrected chi connectivity index (χ1v) is 9.21. The predicted octanol–water partition coefficient (Wildman–Crippen LogP) is 5.55. The van der Waals surface area contributed by atoms with Crippen LogP contribution in [0.1, 0.15) is 15.9 Å². The fourth-order valence-corrected chi connectivity index (χ4v) is 3.20. The number of hydrogen-bond donors (Lipinski definition) is 0. The predicted molar refractivity (Wildman–Crippen MR) is 95.7 cm³/mol. The van der Waals surface area contributed by atoms with Crippen molar-refractivity contribution in [3.63, 3.8) is 0 Å². The van der Waals surface area contributed by atoms with E-state index in [2.05, 4.69) is 47.8 Å². The van der Waals surface area contributed by atoms with E-state index >= 15 is 0 Å². The molecule has 114 valence electrons. The van der Waals surface area contributed by atoms with Gasteiger partial charge in [0.05, 0.1) is 5.02 Å². The van der Waals surface area contributed by atoms with E-state index in [9.17, 15) is 4.79 Å². The SMILES string of the molecule is O=C(c1ccc2c(c1)OC(Br)C(Br)O2)c1cc(Br)ccc1Cl. The molecule has 22 heavy (non-hydrogen) atoms. The molecule has 2 unspecified atom stereocenters. The minimum atomic E-state index is -0.334. The highest BCUT2D eigenvalue weighted by Crippen LogP contribution is 2.38. The highest BCUT2D eigenvalue weighted by molar-refractivity contribution is 9.12. The van der Waals surface area contributed by atoms with E-state index in [-0.39, 0.29) is 15.8 Å². The number of fused-ring (bicyclic) bond motifs is 1. The van der Waals surface area contributed by atoms with E-state index in [1.165, 1.54) is 0 Å². The number of benzene rings is 2. The summed E-state index contributed by atoms with van der Waals surface area (Å²) in [7, 11) is 0. The van der Waals surface area contributed by atoms with Crippen LogP contribution in [0.2, 0.25) is 5.02 Å². The van der Waals surface area contributed by atoms with Crippen molar-refractivity contribution in [2.75, 3.05) is 0 Å². The highest BCUT2D eigenvalue weighted by Gasteiger charge is 2.28. The molecule has 0 fully saturated rings. The zero-order valence-electron chi connectivity index (χ0n) is 10.9. The molecule has 0 saturated heterocycles. The molecule has 3 rings (SSSR count). The van der Waals surface area contributed by atoms with Crippen molar-refractivity contribution in [1.29, 1.82) is 0 Å². The minimum Gasteiger partial charge on any atom is -0.470 e. The van der Waals surface area contributed by atoms with E-state index in [1.807, 2.05) is 0 Å². The second-order valence-electron chi connectivity index (χ2n) is 4.55. The van der Waals surface area contributed by atoms with Crippen LogP contribution in [0.3, 0.4) is 0 Å². The topological polar surface area (TPSA) is 35.5 Å². The van der Waals surface area contributed by atoms with Crippen molar-refractivity contribution in [3.8, 4) is 11.5 Å². The molecule has 0 aliphatic carbocycles. The lowest BCUT2D eigenvalue weighted by atomic mass is 10.0. The normalized spacial score (nSPS) is 19.8. The quantitative estimate of drug-likeness (QED) is 0.392. The van der Waals surface area contributed by atoms with Crippen LogP contribution in [0, 0.1) is 0 Å². The van der Waals surface area contributed by atoms with Crippen LogP contribution in [0.25, 0.3) is 0 Å². The van der Waals surface area contributed by atoms with E-state index in [1.54, 1.807) is 36.4 Å². The third-order valence-electron chi connectivity index (χ3n) is 3.06. The molecule has 0 amide bonds. The maximum Gasteiger partial charge on any atom is 0.200 e. The van der Waals surface area contributed by atoms with E-state index in [0.717, 1.165) is 4.47 Å². The molecule has 0 spiro atoms. The molecule has 2 aromatic rings. The van der Waals surface area contributed by atoms with E-state index in [0.29, 0.717) is 27.6 Å². The Balaban J connectivity index is 1.97. The molecule has 3 nitrogen and oxygen atoms in total. The third kappa shape index (κ3) is 3.20. The average molecular weight is 511 g/mol. The number of alkyl halides is 2. The standard InChI is InChI=1S/C15H8Br3ClO3/c16-8-2-3-10(19)9(6-8)13(20)7-1-4-11-12(5-7)22-15(18)14(17)21-11/h1-6,14-15H. The third-order valence-corrected chi connectivity index (χ3v) is 5.93. The number of ketones is 1. The number of carbonyl (C=O) groups is 1. The Hall–Kier alpha value is -0.560. The highest BCUT2D eigenvalue weighted by atomic mass is 79.9. The van der Waals surface area contributed by atoms with Gasteiger partial charge in [-0.3, -0.25) is 4.79 Å². The summed E-state index contributed by atoms with van der Waals surface area (Å²) in [5.41, 5.74) is 0.913. The summed E-state index contributed by atoms with van der Waals surface area (Å²) in [5.74, 6) is 0.911. The smallest absolute Gasteiger partial charge is 0.200 e. The first kappa shape index (κ1) is 16.3. The van der Waals surface area contributed by atoms with Crippen molar-refractivity contribution in [2.45, 2.75) is 10.0 Å². The minimum absolute atomic E-state index is 0.176. The van der Waals surface area contributed by atoms with Gasteiger partial charge in [0.2, 0.25) is 0 Å². The Bertz CT molecular complexity index is 751. The van der Waals surface area contributed by atoms with Crippen LogP contribution in [-0.4, -0.2) is 15.8 Å². The molecule has 1 heterocycles. The molecule has 1 aliphatic heterocycles. The number of ether oxygens (including phenoxy) is 2. The summed E-state index contributed by atoms with van der Waals surface area (Å²) in [6.07, 6.45) is 0. The Morgan fingerprint density at radius 2 is 1.68 bits per heavy atom. The lowest BCUT2D eigenvalue weighted by molar-refractivity contribution is 0.103. The zero-order valence-corrected chi connectivity index (χ0v) is 16.4. The van der Waals surface area contributed by atoms with Crippen LogP contribution in [0.15, 0.2) is 40.9 Å². The lowest BCUT2D eigenvalue weighted by Crippen LogP contribution is -2.30. The fourth-order valence-electron chi connectivity index (χ4n) is 2.02. The molecule has 7 heteroatoms. The largest absolute Gasteiger partial charge is 0.470 e. The van der Waals surface area contributed by atoms with Gasteiger partial charge in [0.15, 0.2) is 27.3 Å². The Morgan fingerprint density at radius 1 is 1.00 bits per heavy atom. The molecular weight excluding hydrogens is 503 g/mol. The molecule has 0 aromatic heterocycles. The summed E-state index contributed by atoms with van der Waals surface area (Å²) in [5, 5.41) is -0.220. The van der Waals surface area contributed by atoms with Crippen LogP contribution in [-0.2, 0) is 0 Å². The van der Waals surface area contributed by atoms with Gasteiger partial charge in [0.1, 0.15) is 0 Å². The van der Waals surface area contributed by atoms with Crippen molar-refractivity contribution < 1.29 is 14.3 Å². The average Bonchev–Trinajstić information content (AvgIpc) is 2.50. The van der Waals surface area contributed by atoms with Gasteiger partial charge < -0.3 is 9.47 Å². The summed E-state index contributed by atoms with van der Waals surface area (Å²) < 4.78 is 12.1. The summed E-state index contributed by atoms with van der Waals surface area (Å²) in [6.45, 7) is 0. The molecule has 2 aromatic carbocycles. The number of rotatable bonds is 2. The van der Waals surface area contributed by atoms with Gasteiger partial charge in [-0.15, -0.1) is 0 Å². The van der Waals surface area contributed by atoms with Crippen molar-refractivity contribution in [3.05, 3.63) is 57.0 Å². The molecule has 0 radical (unpaired) electrons. The first-order valence-electron chi connectivity index (χ1n) is 6.21. The summed E-state index contributed by atoms with van der Waals surface area (Å²) in [6, 6.07) is 10.2. The van der Waals surface area contributed by atoms with Gasteiger partial charge >= 0.3 is 0 Å². The van der Waals surface area contributed by atoms with E-state index < -0.39 is 0 Å². The van der Waals surface area contributed by atoms with Crippen molar-refractivity contribution >= 4 is 65.2 Å². The molecule has 0 saturated carbocycles. The molecule has 2 atom stereocenters. The second kappa shape index (κ2) is 6.51. The van der Waals surface area contributed by atoms with Crippen molar-refractivity contribution in [1.82, 2.24) is 0 Å². The maximum atomic E-state index is 12.6. The van der Waals surface area contributed by atoms with Crippen LogP contribution in [0.4, 0.5) is 0 Å². The monoisotopic (exact) mass is 508 g/mol. The van der Waals surface area contributed by atoms with Gasteiger partial charge in [-0.25, -0.2) is 0 Å². The van der Waals surface area contributed by atoms with Gasteiger partial charge in [0.25, 0.3) is 0 Å². The maximum absolute atomic E-state index is 12.6. The summed E-state index contributed by atoms with van der Waals surface area (Å²) in [4.78, 5) is 12.6. The number of halogens is 4. The Morgan fingerprint density at radius 3 is 2.41 bits per heavy atom. The van der Waals surface area contributed by atoms with Gasteiger partial charge in [-0.1, -0.05) is 27.5 Å². The summed E-state index contributed by atoms with van der Waals surface area (Å²) >= 11 is 16.1. The van der Waals surface area contributed by atoms with Gasteiger partial charge in [-0.2, -0.15) is 0 Å². The van der Waals surface area contributed by atoms with Crippen LogP contribution < -0.4 is 9.47 Å². The fraction of sp³-hybridized carbons (Fsp3) is 0.133. The molecular formula is C15H8Br3ClO3. The second-order valence-corrected chi connectivity index (χ2v) is 7.68. The molecule has 1 aliphatic rings. The Kier molecular flexibility index (Phi) is 4.83. The van der Waals surface area contributed by atoms with Crippen LogP contribution >= 0.6 is 59.4 Å². The molecule has 0 bridgehead atoms. The van der Waals surface area contributed by atoms with Gasteiger partial charge in [0, 0.05) is 15.6 Å². The van der Waals surface area contributed by atoms with Crippen molar-refractivity contribution in [2.24, 2.45) is 0 Å². The van der Waals surface area contributed by atoms with Crippen LogP contribution in [0.5, 0.6) is 11.5 Å².